The molecule has 0 radical (unpaired) electrons. The van der Waals surface area contributed by atoms with Crippen molar-refractivity contribution in [2.75, 3.05) is 32.0 Å². The highest BCUT2D eigenvalue weighted by molar-refractivity contribution is 6.33. The maximum Gasteiger partial charge on any atom is 0.101 e. The first kappa shape index (κ1) is 14.8. The van der Waals surface area contributed by atoms with Gasteiger partial charge in [0.15, 0.2) is 0 Å². The molecule has 18 heavy (non-hydrogen) atoms. The fraction of sp³-hybridized carbons (Fsp3) is 0.500. The number of benzene rings is 1. The van der Waals surface area contributed by atoms with Crippen molar-refractivity contribution in [2.45, 2.75) is 19.8 Å². The van der Waals surface area contributed by atoms with E-state index in [1.165, 1.54) is 12.8 Å². The smallest absolute Gasteiger partial charge is 0.101 e. The maximum absolute atomic E-state index is 9.01. The van der Waals surface area contributed by atoms with E-state index in [9.17, 15) is 0 Å². The molecular formula is C14H20ClN3. The fourth-order valence-electron chi connectivity index (χ4n) is 1.71. The minimum atomic E-state index is 0.596. The lowest BCUT2D eigenvalue weighted by atomic mass is 10.2. The first-order valence-electron chi connectivity index (χ1n) is 6.30. The Bertz CT molecular complexity index is 412. The van der Waals surface area contributed by atoms with Gasteiger partial charge in [-0.05, 0) is 32.1 Å². The molecule has 1 rings (SSSR count). The van der Waals surface area contributed by atoms with Crippen molar-refractivity contribution >= 4 is 17.3 Å². The summed E-state index contributed by atoms with van der Waals surface area (Å²) in [6.45, 7) is 5.02. The number of likely N-dealkylation sites (N-methyl/N-ethyl adjacent to an activating group) is 1. The molecule has 0 aliphatic rings. The van der Waals surface area contributed by atoms with Crippen molar-refractivity contribution < 1.29 is 0 Å². The van der Waals surface area contributed by atoms with Crippen LogP contribution in [0.5, 0.6) is 0 Å². The summed E-state index contributed by atoms with van der Waals surface area (Å²) in [6.07, 6.45) is 2.42. The van der Waals surface area contributed by atoms with Crippen molar-refractivity contribution in [3.05, 3.63) is 28.8 Å². The molecule has 0 spiro atoms. The molecule has 4 heteroatoms. The molecule has 0 fully saturated rings. The average Bonchev–Trinajstić information content (AvgIpc) is 2.38. The van der Waals surface area contributed by atoms with Gasteiger partial charge in [-0.2, -0.15) is 5.26 Å². The topological polar surface area (TPSA) is 39.1 Å². The van der Waals surface area contributed by atoms with Gasteiger partial charge in [0.2, 0.25) is 0 Å². The van der Waals surface area contributed by atoms with Gasteiger partial charge in [-0.15, -0.1) is 0 Å². The number of para-hydroxylation sites is 1. The number of nitrogens with zero attached hydrogens (tertiary/aromatic N) is 2. The molecule has 0 saturated carbocycles. The normalized spacial score (nSPS) is 10.4. The van der Waals surface area contributed by atoms with Crippen molar-refractivity contribution in [1.82, 2.24) is 4.90 Å². The monoisotopic (exact) mass is 265 g/mol. The van der Waals surface area contributed by atoms with E-state index in [0.717, 1.165) is 25.3 Å². The van der Waals surface area contributed by atoms with Crippen molar-refractivity contribution in [2.24, 2.45) is 0 Å². The van der Waals surface area contributed by atoms with Gasteiger partial charge in [0, 0.05) is 13.1 Å². The van der Waals surface area contributed by atoms with E-state index in [1.54, 1.807) is 18.2 Å². The zero-order valence-corrected chi connectivity index (χ0v) is 11.8. The van der Waals surface area contributed by atoms with E-state index in [1.807, 2.05) is 0 Å². The summed E-state index contributed by atoms with van der Waals surface area (Å²) in [5.74, 6) is 0. The Morgan fingerprint density at radius 1 is 1.39 bits per heavy atom. The molecule has 0 bridgehead atoms. The molecule has 0 aromatic heterocycles. The summed E-state index contributed by atoms with van der Waals surface area (Å²) in [7, 11) is 2.11. The van der Waals surface area contributed by atoms with Crippen LogP contribution >= 0.6 is 11.6 Å². The Morgan fingerprint density at radius 2 is 2.17 bits per heavy atom. The second kappa shape index (κ2) is 7.97. The van der Waals surface area contributed by atoms with E-state index in [2.05, 4.69) is 30.3 Å². The van der Waals surface area contributed by atoms with Crippen molar-refractivity contribution in [3.63, 3.8) is 0 Å². The van der Waals surface area contributed by atoms with E-state index in [-0.39, 0.29) is 0 Å². The van der Waals surface area contributed by atoms with Crippen molar-refractivity contribution in [3.8, 4) is 6.07 Å². The first-order valence-corrected chi connectivity index (χ1v) is 6.67. The van der Waals surface area contributed by atoms with Gasteiger partial charge in [0.05, 0.1) is 16.3 Å². The van der Waals surface area contributed by atoms with Gasteiger partial charge in [0.1, 0.15) is 6.07 Å². The van der Waals surface area contributed by atoms with Crippen molar-refractivity contribution in [1.29, 1.82) is 5.26 Å². The average molecular weight is 266 g/mol. The van der Waals surface area contributed by atoms with Crippen LogP contribution in [-0.2, 0) is 0 Å². The molecule has 3 nitrogen and oxygen atoms in total. The second-order valence-electron chi connectivity index (χ2n) is 4.36. The molecule has 0 amide bonds. The Hall–Kier alpha value is -1.24. The number of unbranched alkanes of at least 4 members (excludes halogenated alkanes) is 1. The van der Waals surface area contributed by atoms with Gasteiger partial charge >= 0.3 is 0 Å². The van der Waals surface area contributed by atoms with Crippen LogP contribution in [0.1, 0.15) is 25.3 Å². The van der Waals surface area contributed by atoms with Gasteiger partial charge in [-0.1, -0.05) is 31.0 Å². The van der Waals surface area contributed by atoms with Crippen LogP contribution in [0, 0.1) is 11.3 Å². The second-order valence-corrected chi connectivity index (χ2v) is 4.77. The summed E-state index contributed by atoms with van der Waals surface area (Å²) in [4.78, 5) is 2.28. The van der Waals surface area contributed by atoms with Crippen LogP contribution in [-0.4, -0.2) is 31.6 Å². The van der Waals surface area contributed by atoms with E-state index < -0.39 is 0 Å². The molecular weight excluding hydrogens is 246 g/mol. The first-order chi connectivity index (χ1) is 8.69. The number of rotatable bonds is 7. The molecule has 0 saturated heterocycles. The Kier molecular flexibility index (Phi) is 6.56. The van der Waals surface area contributed by atoms with Gasteiger partial charge in [-0.3, -0.25) is 0 Å². The van der Waals surface area contributed by atoms with Crippen LogP contribution in [0.3, 0.4) is 0 Å². The standard InChI is InChI=1S/C14H20ClN3/c1-3-4-9-18(2)10-8-17-14-12(11-16)6-5-7-13(14)15/h5-7,17H,3-4,8-10H2,1-2H3. The van der Waals surface area contributed by atoms with Crippen LogP contribution in [0.25, 0.3) is 0 Å². The third kappa shape index (κ3) is 4.56. The minimum absolute atomic E-state index is 0.596. The fourth-order valence-corrected chi connectivity index (χ4v) is 1.95. The molecule has 1 aromatic rings. The molecule has 98 valence electrons. The molecule has 1 aromatic carbocycles. The predicted octanol–water partition coefficient (Wildman–Crippen LogP) is 3.36. The largest absolute Gasteiger partial charge is 0.381 e. The highest BCUT2D eigenvalue weighted by atomic mass is 35.5. The number of anilines is 1. The van der Waals surface area contributed by atoms with Crippen LogP contribution in [0.4, 0.5) is 5.69 Å². The molecule has 0 heterocycles. The van der Waals surface area contributed by atoms with E-state index in [4.69, 9.17) is 16.9 Å². The maximum atomic E-state index is 9.01. The third-order valence-corrected chi connectivity index (χ3v) is 3.14. The number of nitrogens with one attached hydrogen (secondary N) is 1. The summed E-state index contributed by atoms with van der Waals surface area (Å²) in [6, 6.07) is 7.51. The van der Waals surface area contributed by atoms with Gasteiger partial charge < -0.3 is 10.2 Å². The lowest BCUT2D eigenvalue weighted by molar-refractivity contribution is 0.340. The number of nitriles is 1. The van der Waals surface area contributed by atoms with Gasteiger partial charge in [-0.25, -0.2) is 0 Å². The number of hydrogen-bond acceptors (Lipinski definition) is 3. The van der Waals surface area contributed by atoms with Gasteiger partial charge in [0.25, 0.3) is 0 Å². The molecule has 0 aliphatic carbocycles. The lowest BCUT2D eigenvalue weighted by Crippen LogP contribution is -2.26. The van der Waals surface area contributed by atoms with Crippen LogP contribution in [0.15, 0.2) is 18.2 Å². The Balaban J connectivity index is 2.47. The molecule has 1 N–H and O–H groups in total. The lowest BCUT2D eigenvalue weighted by Gasteiger charge is -2.17. The number of hydrogen-bond donors (Lipinski definition) is 1. The van der Waals surface area contributed by atoms with E-state index >= 15 is 0 Å². The molecule has 0 aliphatic heterocycles. The summed E-state index contributed by atoms with van der Waals surface area (Å²) >= 11 is 6.08. The summed E-state index contributed by atoms with van der Waals surface area (Å²) < 4.78 is 0. The third-order valence-electron chi connectivity index (χ3n) is 2.82. The Labute approximate surface area is 114 Å². The summed E-state index contributed by atoms with van der Waals surface area (Å²) in [5, 5.41) is 12.9. The Morgan fingerprint density at radius 3 is 2.83 bits per heavy atom. The predicted molar refractivity (Wildman–Crippen MR) is 77.1 cm³/mol. The quantitative estimate of drug-likeness (QED) is 0.822. The zero-order valence-electron chi connectivity index (χ0n) is 11.0. The summed E-state index contributed by atoms with van der Waals surface area (Å²) in [5.41, 5.74) is 1.34. The van der Waals surface area contributed by atoms with E-state index in [0.29, 0.717) is 10.6 Å². The van der Waals surface area contributed by atoms with Crippen LogP contribution < -0.4 is 5.32 Å². The molecule has 0 unspecified atom stereocenters. The minimum Gasteiger partial charge on any atom is -0.381 e. The highest BCUT2D eigenvalue weighted by Gasteiger charge is 2.06. The zero-order chi connectivity index (χ0) is 13.4. The SMILES string of the molecule is CCCCN(C)CCNc1c(Cl)cccc1C#N. The molecule has 0 atom stereocenters. The number of halogens is 1. The van der Waals surface area contributed by atoms with Crippen LogP contribution in [0.2, 0.25) is 5.02 Å². The highest BCUT2D eigenvalue weighted by Crippen LogP contribution is 2.24.